The Hall–Kier alpha value is -0.930. The summed E-state index contributed by atoms with van der Waals surface area (Å²) < 4.78 is 52.2. The van der Waals surface area contributed by atoms with Gasteiger partial charge in [0.25, 0.3) is 20.1 Å². The van der Waals surface area contributed by atoms with Crippen molar-refractivity contribution in [1.82, 2.24) is 9.19 Å². The molecule has 0 spiro atoms. The molecule has 0 saturated heterocycles. The topological polar surface area (TPSA) is 106 Å². The van der Waals surface area contributed by atoms with Gasteiger partial charge in [0.05, 0.1) is 18.2 Å². The van der Waals surface area contributed by atoms with Crippen LogP contribution in [0.5, 0.6) is 0 Å². The predicted molar refractivity (Wildman–Crippen MR) is 57.2 cm³/mol. The second-order valence-electron chi connectivity index (χ2n) is 3.37. The van der Waals surface area contributed by atoms with E-state index in [2.05, 4.69) is 5.10 Å². The number of rotatable bonds is 5. The van der Waals surface area contributed by atoms with Gasteiger partial charge in [-0.25, -0.2) is 8.42 Å². The molecule has 0 saturated carbocycles. The minimum Gasteiger partial charge on any atom is -0.286 e. The number of hydrogen-bond donors (Lipinski definition) is 1. The fourth-order valence-electron chi connectivity index (χ4n) is 1.11. The minimum atomic E-state index is -3.96. The van der Waals surface area contributed by atoms with E-state index in [0.717, 1.165) is 10.3 Å². The van der Waals surface area contributed by atoms with Gasteiger partial charge in [-0.1, -0.05) is 0 Å². The third-order valence-corrected chi connectivity index (χ3v) is 3.51. The predicted octanol–water partition coefficient (Wildman–Crippen LogP) is -0.489. The van der Waals surface area contributed by atoms with E-state index in [1.54, 1.807) is 0 Å². The van der Waals surface area contributed by atoms with Gasteiger partial charge in [-0.15, -0.1) is 0 Å². The Kier molecular flexibility index (Phi) is 3.71. The summed E-state index contributed by atoms with van der Waals surface area (Å²) in [6, 6.07) is 0. The highest BCUT2D eigenvalue weighted by molar-refractivity contribution is 7.89. The SMILES string of the molecule is CS(=O)(=O)n1cc(CCCS(=O)(=O)O)cn1. The van der Waals surface area contributed by atoms with Crippen LogP contribution in [0.2, 0.25) is 0 Å². The Balaban J connectivity index is 2.61. The van der Waals surface area contributed by atoms with Gasteiger partial charge < -0.3 is 0 Å². The molecule has 0 amide bonds. The Morgan fingerprint density at radius 3 is 2.44 bits per heavy atom. The van der Waals surface area contributed by atoms with Crippen molar-refractivity contribution < 1.29 is 21.4 Å². The maximum absolute atomic E-state index is 11.0. The fourth-order valence-corrected chi connectivity index (χ4v) is 2.16. The quantitative estimate of drug-likeness (QED) is 0.722. The van der Waals surface area contributed by atoms with Crippen LogP contribution in [-0.4, -0.2) is 42.6 Å². The van der Waals surface area contributed by atoms with Crippen molar-refractivity contribution >= 4 is 20.1 Å². The average molecular weight is 268 g/mol. The van der Waals surface area contributed by atoms with Gasteiger partial charge >= 0.3 is 0 Å². The van der Waals surface area contributed by atoms with Crippen LogP contribution in [0.25, 0.3) is 0 Å². The molecule has 1 N–H and O–H groups in total. The number of hydrogen-bond acceptors (Lipinski definition) is 5. The molecule has 1 rings (SSSR count). The minimum absolute atomic E-state index is 0.217. The van der Waals surface area contributed by atoms with E-state index < -0.39 is 20.1 Å². The normalized spacial score (nSPS) is 12.9. The summed E-state index contributed by atoms with van der Waals surface area (Å²) in [4.78, 5) is 0. The third-order valence-electron chi connectivity index (χ3n) is 1.82. The summed E-state index contributed by atoms with van der Waals surface area (Å²) in [7, 11) is -7.36. The summed E-state index contributed by atoms with van der Waals surface area (Å²) in [5.74, 6) is -0.350. The van der Waals surface area contributed by atoms with Crippen molar-refractivity contribution in [2.24, 2.45) is 0 Å². The lowest BCUT2D eigenvalue weighted by Gasteiger charge is -1.96. The number of aromatic nitrogens is 2. The Bertz CT molecular complexity index is 557. The van der Waals surface area contributed by atoms with Crippen molar-refractivity contribution in [2.75, 3.05) is 12.0 Å². The highest BCUT2D eigenvalue weighted by Gasteiger charge is 2.09. The molecule has 0 unspecified atom stereocenters. The first-order valence-corrected chi connectivity index (χ1v) is 7.83. The van der Waals surface area contributed by atoms with Crippen molar-refractivity contribution in [3.05, 3.63) is 18.0 Å². The molecular weight excluding hydrogens is 256 g/mol. The Morgan fingerprint density at radius 1 is 1.38 bits per heavy atom. The Labute approximate surface area is 93.9 Å². The molecule has 0 radical (unpaired) electrons. The molecule has 0 aliphatic heterocycles. The average Bonchev–Trinajstić information content (AvgIpc) is 2.49. The van der Waals surface area contributed by atoms with Crippen molar-refractivity contribution in [2.45, 2.75) is 12.8 Å². The summed E-state index contributed by atoms with van der Waals surface area (Å²) in [5.41, 5.74) is 0.606. The van der Waals surface area contributed by atoms with Crippen molar-refractivity contribution in [1.29, 1.82) is 0 Å². The van der Waals surface area contributed by atoms with Crippen LogP contribution in [0.3, 0.4) is 0 Å². The van der Waals surface area contributed by atoms with E-state index in [-0.39, 0.29) is 12.2 Å². The van der Waals surface area contributed by atoms with Gasteiger partial charge in [0.2, 0.25) is 0 Å². The molecule has 7 nitrogen and oxygen atoms in total. The first-order chi connectivity index (χ1) is 7.18. The number of aryl methyl sites for hydroxylation is 1. The van der Waals surface area contributed by atoms with Crippen molar-refractivity contribution in [3.8, 4) is 0 Å². The first-order valence-electron chi connectivity index (χ1n) is 4.38. The zero-order chi connectivity index (χ0) is 12.4. The lowest BCUT2D eigenvalue weighted by molar-refractivity contribution is 0.481. The highest BCUT2D eigenvalue weighted by Crippen LogP contribution is 2.04. The molecule has 16 heavy (non-hydrogen) atoms. The maximum Gasteiger partial charge on any atom is 0.264 e. The van der Waals surface area contributed by atoms with E-state index in [0.29, 0.717) is 12.0 Å². The summed E-state index contributed by atoms with van der Waals surface area (Å²) in [6.45, 7) is 0. The molecule has 1 aromatic rings. The molecule has 0 aromatic carbocycles. The number of nitrogens with zero attached hydrogens (tertiary/aromatic N) is 2. The smallest absolute Gasteiger partial charge is 0.264 e. The molecule has 9 heteroatoms. The van der Waals surface area contributed by atoms with Crippen LogP contribution < -0.4 is 0 Å². The lowest BCUT2D eigenvalue weighted by Crippen LogP contribution is -2.10. The van der Waals surface area contributed by atoms with Crippen LogP contribution in [0.4, 0.5) is 0 Å². The van der Waals surface area contributed by atoms with E-state index in [9.17, 15) is 16.8 Å². The molecule has 1 heterocycles. The van der Waals surface area contributed by atoms with E-state index >= 15 is 0 Å². The summed E-state index contributed by atoms with van der Waals surface area (Å²) in [6.07, 6.45) is 4.25. The second kappa shape index (κ2) is 4.52. The van der Waals surface area contributed by atoms with Crippen molar-refractivity contribution in [3.63, 3.8) is 0 Å². The highest BCUT2D eigenvalue weighted by atomic mass is 32.2. The van der Waals surface area contributed by atoms with Gasteiger partial charge in [-0.2, -0.15) is 17.6 Å². The maximum atomic E-state index is 11.0. The van der Waals surface area contributed by atoms with Crippen LogP contribution >= 0.6 is 0 Å². The van der Waals surface area contributed by atoms with Crippen LogP contribution in [0.1, 0.15) is 12.0 Å². The molecular formula is C7H12N2O5S2. The molecule has 0 aliphatic rings. The third kappa shape index (κ3) is 4.29. The lowest BCUT2D eigenvalue weighted by atomic mass is 10.2. The summed E-state index contributed by atoms with van der Waals surface area (Å²) in [5, 5.41) is 3.62. The fraction of sp³-hybridized carbons (Fsp3) is 0.571. The molecule has 0 bridgehead atoms. The zero-order valence-electron chi connectivity index (χ0n) is 8.57. The molecule has 92 valence electrons. The molecule has 0 atom stereocenters. The monoisotopic (exact) mass is 268 g/mol. The standard InChI is InChI=1S/C7H12N2O5S2/c1-15(10,11)9-6-7(5-8-9)3-2-4-16(12,13)14/h5-6H,2-4H2,1H3,(H,12,13,14). The first kappa shape index (κ1) is 13.1. The van der Waals surface area contributed by atoms with E-state index in [1.807, 2.05) is 0 Å². The molecule has 0 aliphatic carbocycles. The zero-order valence-corrected chi connectivity index (χ0v) is 10.2. The van der Waals surface area contributed by atoms with Gasteiger partial charge in [-0.3, -0.25) is 4.55 Å². The van der Waals surface area contributed by atoms with Gasteiger partial charge in [0.1, 0.15) is 0 Å². The van der Waals surface area contributed by atoms with Gasteiger partial charge in [0, 0.05) is 6.20 Å². The van der Waals surface area contributed by atoms with Gasteiger partial charge in [0.15, 0.2) is 0 Å². The molecule has 0 fully saturated rings. The van der Waals surface area contributed by atoms with Crippen LogP contribution in [-0.2, 0) is 26.6 Å². The van der Waals surface area contributed by atoms with Gasteiger partial charge in [-0.05, 0) is 18.4 Å². The largest absolute Gasteiger partial charge is 0.286 e. The van der Waals surface area contributed by atoms with Crippen LogP contribution in [0.15, 0.2) is 12.4 Å². The second-order valence-corrected chi connectivity index (χ2v) is 6.79. The van der Waals surface area contributed by atoms with E-state index in [1.165, 1.54) is 12.4 Å². The van der Waals surface area contributed by atoms with E-state index in [4.69, 9.17) is 4.55 Å². The van der Waals surface area contributed by atoms with Crippen LogP contribution in [0, 0.1) is 0 Å². The Morgan fingerprint density at radius 2 is 2.00 bits per heavy atom. The summed E-state index contributed by atoms with van der Waals surface area (Å²) >= 11 is 0. The molecule has 1 aromatic heterocycles.